The fraction of sp³-hybridized carbons (Fsp3) is 0.412. The van der Waals surface area contributed by atoms with Crippen LogP contribution in [0.15, 0.2) is 35.9 Å². The summed E-state index contributed by atoms with van der Waals surface area (Å²) >= 11 is 0. The zero-order valence-corrected chi connectivity index (χ0v) is 12.3. The molecule has 2 N–H and O–H groups in total. The summed E-state index contributed by atoms with van der Waals surface area (Å²) in [4.78, 5) is 23.0. The van der Waals surface area contributed by atoms with E-state index in [2.05, 4.69) is 11.4 Å². The SMILES string of the molecule is CC(C(=O)O)c1cccc(NC(=O)CC2=CCCCC2)c1. The number of carboxylic acids is 1. The third kappa shape index (κ3) is 4.45. The van der Waals surface area contributed by atoms with Gasteiger partial charge in [0.1, 0.15) is 0 Å². The molecule has 1 amide bonds. The number of carbonyl (C=O) groups excluding carboxylic acids is 1. The van der Waals surface area contributed by atoms with Crippen molar-refractivity contribution >= 4 is 17.6 Å². The van der Waals surface area contributed by atoms with Crippen LogP contribution in [-0.4, -0.2) is 17.0 Å². The summed E-state index contributed by atoms with van der Waals surface area (Å²) in [5, 5.41) is 11.9. The van der Waals surface area contributed by atoms with Gasteiger partial charge in [-0.3, -0.25) is 9.59 Å². The Morgan fingerprint density at radius 3 is 2.81 bits per heavy atom. The molecular formula is C17H21NO3. The van der Waals surface area contributed by atoms with E-state index in [1.54, 1.807) is 31.2 Å². The van der Waals surface area contributed by atoms with E-state index >= 15 is 0 Å². The van der Waals surface area contributed by atoms with E-state index < -0.39 is 11.9 Å². The highest BCUT2D eigenvalue weighted by molar-refractivity contribution is 5.92. The van der Waals surface area contributed by atoms with Gasteiger partial charge in [0.25, 0.3) is 0 Å². The number of allylic oxidation sites excluding steroid dienone is 1. The molecule has 1 unspecified atom stereocenters. The summed E-state index contributed by atoms with van der Waals surface area (Å²) < 4.78 is 0. The summed E-state index contributed by atoms with van der Waals surface area (Å²) in [6.45, 7) is 1.64. The maximum Gasteiger partial charge on any atom is 0.310 e. The molecule has 2 rings (SSSR count). The van der Waals surface area contributed by atoms with E-state index in [4.69, 9.17) is 5.11 Å². The monoisotopic (exact) mass is 287 g/mol. The van der Waals surface area contributed by atoms with Crippen LogP contribution in [0.5, 0.6) is 0 Å². The van der Waals surface area contributed by atoms with Crippen molar-refractivity contribution in [3.63, 3.8) is 0 Å². The highest BCUT2D eigenvalue weighted by Gasteiger charge is 2.14. The van der Waals surface area contributed by atoms with Gasteiger partial charge in [-0.2, -0.15) is 0 Å². The highest BCUT2D eigenvalue weighted by atomic mass is 16.4. The highest BCUT2D eigenvalue weighted by Crippen LogP contribution is 2.22. The van der Waals surface area contributed by atoms with Crippen LogP contribution in [0.4, 0.5) is 5.69 Å². The number of amides is 1. The lowest BCUT2D eigenvalue weighted by Gasteiger charge is -2.13. The van der Waals surface area contributed by atoms with Crippen LogP contribution in [0.3, 0.4) is 0 Å². The Bertz CT molecular complexity index is 563. The Balaban J connectivity index is 1.99. The van der Waals surface area contributed by atoms with Gasteiger partial charge < -0.3 is 10.4 Å². The summed E-state index contributed by atoms with van der Waals surface area (Å²) in [6.07, 6.45) is 7.02. The van der Waals surface area contributed by atoms with Crippen molar-refractivity contribution in [1.82, 2.24) is 0 Å². The third-order valence-electron chi connectivity index (χ3n) is 3.81. The van der Waals surface area contributed by atoms with Gasteiger partial charge >= 0.3 is 5.97 Å². The van der Waals surface area contributed by atoms with Crippen molar-refractivity contribution in [1.29, 1.82) is 0 Å². The van der Waals surface area contributed by atoms with Crippen LogP contribution in [0.1, 0.15) is 50.5 Å². The van der Waals surface area contributed by atoms with Gasteiger partial charge in [-0.05, 0) is 50.3 Å². The zero-order valence-electron chi connectivity index (χ0n) is 12.3. The number of carboxylic acid groups (broad SMARTS) is 1. The van der Waals surface area contributed by atoms with Crippen LogP contribution in [0.2, 0.25) is 0 Å². The molecule has 0 radical (unpaired) electrons. The first-order valence-corrected chi connectivity index (χ1v) is 7.37. The van der Waals surface area contributed by atoms with Crippen molar-refractivity contribution in [2.75, 3.05) is 5.32 Å². The van der Waals surface area contributed by atoms with Gasteiger partial charge in [0.2, 0.25) is 5.91 Å². The first kappa shape index (κ1) is 15.3. The zero-order chi connectivity index (χ0) is 15.2. The molecule has 0 spiro atoms. The first-order chi connectivity index (χ1) is 10.1. The Hall–Kier alpha value is -2.10. The predicted molar refractivity (Wildman–Crippen MR) is 82.3 cm³/mol. The van der Waals surface area contributed by atoms with E-state index in [-0.39, 0.29) is 5.91 Å². The van der Waals surface area contributed by atoms with Crippen molar-refractivity contribution < 1.29 is 14.7 Å². The second-order valence-electron chi connectivity index (χ2n) is 5.52. The molecule has 0 heterocycles. The van der Waals surface area contributed by atoms with Gasteiger partial charge in [-0.1, -0.05) is 23.8 Å². The molecule has 1 aromatic carbocycles. The lowest BCUT2D eigenvalue weighted by atomic mass is 9.97. The number of hydrogen-bond acceptors (Lipinski definition) is 2. The molecule has 0 aliphatic heterocycles. The minimum absolute atomic E-state index is 0.0386. The maximum atomic E-state index is 12.0. The van der Waals surface area contributed by atoms with Crippen LogP contribution in [-0.2, 0) is 9.59 Å². The Morgan fingerprint density at radius 2 is 2.14 bits per heavy atom. The van der Waals surface area contributed by atoms with Crippen molar-refractivity contribution in [3.05, 3.63) is 41.5 Å². The first-order valence-electron chi connectivity index (χ1n) is 7.37. The number of aliphatic carboxylic acids is 1. The Labute approximate surface area is 124 Å². The smallest absolute Gasteiger partial charge is 0.310 e. The Morgan fingerprint density at radius 1 is 1.33 bits per heavy atom. The minimum Gasteiger partial charge on any atom is -0.481 e. The van der Waals surface area contributed by atoms with E-state index in [0.29, 0.717) is 17.7 Å². The third-order valence-corrected chi connectivity index (χ3v) is 3.81. The number of hydrogen-bond donors (Lipinski definition) is 2. The maximum absolute atomic E-state index is 12.0. The van der Waals surface area contributed by atoms with Crippen molar-refractivity contribution in [2.45, 2.75) is 44.9 Å². The Kier molecular flexibility index (Phi) is 5.14. The molecule has 0 bridgehead atoms. The van der Waals surface area contributed by atoms with Crippen molar-refractivity contribution in [3.8, 4) is 0 Å². The lowest BCUT2D eigenvalue weighted by molar-refractivity contribution is -0.138. The number of anilines is 1. The molecule has 0 fully saturated rings. The van der Waals surface area contributed by atoms with Crippen LogP contribution in [0.25, 0.3) is 0 Å². The normalized spacial score (nSPS) is 16.0. The number of nitrogens with one attached hydrogen (secondary N) is 1. The van der Waals surface area contributed by atoms with Crippen molar-refractivity contribution in [2.24, 2.45) is 0 Å². The van der Waals surface area contributed by atoms with Crippen LogP contribution >= 0.6 is 0 Å². The molecule has 112 valence electrons. The average Bonchev–Trinajstić information content (AvgIpc) is 2.47. The molecule has 4 heteroatoms. The molecular weight excluding hydrogens is 266 g/mol. The van der Waals surface area contributed by atoms with Gasteiger partial charge in [-0.25, -0.2) is 0 Å². The summed E-state index contributed by atoms with van der Waals surface area (Å²) in [5.41, 5.74) is 2.55. The predicted octanol–water partition coefficient (Wildman–Crippen LogP) is 3.70. The van der Waals surface area contributed by atoms with Crippen LogP contribution < -0.4 is 5.32 Å². The molecule has 1 atom stereocenters. The summed E-state index contributed by atoms with van der Waals surface area (Å²) in [5.74, 6) is -1.49. The van der Waals surface area contributed by atoms with Gasteiger partial charge in [0.05, 0.1) is 5.92 Å². The van der Waals surface area contributed by atoms with E-state index in [9.17, 15) is 9.59 Å². The van der Waals surface area contributed by atoms with E-state index in [1.807, 2.05) is 0 Å². The van der Waals surface area contributed by atoms with E-state index in [1.165, 1.54) is 12.0 Å². The molecule has 21 heavy (non-hydrogen) atoms. The molecule has 1 aliphatic carbocycles. The fourth-order valence-electron chi connectivity index (χ4n) is 2.50. The second kappa shape index (κ2) is 7.07. The van der Waals surface area contributed by atoms with Gasteiger partial charge in [0.15, 0.2) is 0 Å². The number of benzene rings is 1. The number of rotatable bonds is 5. The average molecular weight is 287 g/mol. The van der Waals surface area contributed by atoms with E-state index in [0.717, 1.165) is 19.3 Å². The lowest BCUT2D eigenvalue weighted by Crippen LogP contribution is -2.14. The molecule has 4 nitrogen and oxygen atoms in total. The molecule has 0 saturated heterocycles. The standard InChI is InChI=1S/C17H21NO3/c1-12(17(20)21)14-8-5-9-15(11-14)18-16(19)10-13-6-3-2-4-7-13/h5-6,8-9,11-12H,2-4,7,10H2,1H3,(H,18,19)(H,20,21). The van der Waals surface area contributed by atoms with Crippen LogP contribution in [0, 0.1) is 0 Å². The molecule has 1 aromatic rings. The quantitative estimate of drug-likeness (QED) is 0.811. The summed E-state index contributed by atoms with van der Waals surface area (Å²) in [6, 6.07) is 7.04. The van der Waals surface area contributed by atoms with Gasteiger partial charge in [0, 0.05) is 12.1 Å². The number of carbonyl (C=O) groups is 2. The minimum atomic E-state index is -0.870. The molecule has 0 saturated carbocycles. The summed E-state index contributed by atoms with van der Waals surface area (Å²) in [7, 11) is 0. The second-order valence-corrected chi connectivity index (χ2v) is 5.52. The fourth-order valence-corrected chi connectivity index (χ4v) is 2.50. The molecule has 0 aromatic heterocycles. The largest absolute Gasteiger partial charge is 0.481 e. The molecule has 1 aliphatic rings. The van der Waals surface area contributed by atoms with Gasteiger partial charge in [-0.15, -0.1) is 0 Å². The topological polar surface area (TPSA) is 66.4 Å².